The zero-order chi connectivity index (χ0) is 13.0. The van der Waals surface area contributed by atoms with Gasteiger partial charge in [0.1, 0.15) is 0 Å². The predicted molar refractivity (Wildman–Crippen MR) is 72.5 cm³/mol. The number of benzene rings is 2. The van der Waals surface area contributed by atoms with Crippen LogP contribution in [0, 0.1) is 0 Å². The summed E-state index contributed by atoms with van der Waals surface area (Å²) in [6.45, 7) is 0. The Kier molecular flexibility index (Phi) is 2.22. The van der Waals surface area contributed by atoms with Gasteiger partial charge in [-0.05, 0) is 28.1 Å². The van der Waals surface area contributed by atoms with E-state index in [-0.39, 0.29) is 11.8 Å². The van der Waals surface area contributed by atoms with Crippen LogP contribution >= 0.6 is 15.9 Å². The van der Waals surface area contributed by atoms with Crippen LogP contribution in [-0.4, -0.2) is 23.8 Å². The summed E-state index contributed by atoms with van der Waals surface area (Å²) >= 11 is 3.34. The molecule has 0 saturated carbocycles. The van der Waals surface area contributed by atoms with Crippen molar-refractivity contribution in [2.45, 2.75) is 0 Å². The Balaban J connectivity index is 2.57. The normalized spacial score (nSPS) is 14.4. The summed E-state index contributed by atoms with van der Waals surface area (Å²) < 4.78 is 0.665. The number of hydrogen-bond donors (Lipinski definition) is 1. The van der Waals surface area contributed by atoms with Gasteiger partial charge in [-0.15, -0.1) is 0 Å². The van der Waals surface area contributed by atoms with Crippen molar-refractivity contribution in [2.75, 3.05) is 12.8 Å². The Morgan fingerprint density at radius 3 is 2.56 bits per heavy atom. The standard InChI is InChI=1S/C13H9BrN2O2/c1-16-12(17)7-4-2-3-6-10(7)8(13(16)18)5-9(14)11(6)15/h2-5H,15H2,1H3. The van der Waals surface area contributed by atoms with Crippen LogP contribution in [-0.2, 0) is 0 Å². The van der Waals surface area contributed by atoms with Crippen LogP contribution in [0.5, 0.6) is 0 Å². The summed E-state index contributed by atoms with van der Waals surface area (Å²) in [6.07, 6.45) is 0. The van der Waals surface area contributed by atoms with Crippen molar-refractivity contribution in [1.82, 2.24) is 4.90 Å². The molecular weight excluding hydrogens is 296 g/mol. The molecule has 0 saturated heterocycles. The van der Waals surface area contributed by atoms with Crippen molar-refractivity contribution < 1.29 is 9.59 Å². The second kappa shape index (κ2) is 3.55. The molecule has 0 spiro atoms. The van der Waals surface area contributed by atoms with Gasteiger partial charge in [-0.25, -0.2) is 0 Å². The minimum Gasteiger partial charge on any atom is -0.397 e. The van der Waals surface area contributed by atoms with E-state index >= 15 is 0 Å². The molecule has 4 nitrogen and oxygen atoms in total. The molecule has 2 aromatic carbocycles. The lowest BCUT2D eigenvalue weighted by molar-refractivity contribution is 0.0650. The second-order valence-electron chi connectivity index (χ2n) is 4.22. The van der Waals surface area contributed by atoms with Gasteiger partial charge in [0.15, 0.2) is 0 Å². The molecule has 90 valence electrons. The van der Waals surface area contributed by atoms with E-state index in [1.165, 1.54) is 7.05 Å². The Bertz CT molecular complexity index is 724. The number of nitrogens with two attached hydrogens (primary N) is 1. The molecule has 0 radical (unpaired) electrons. The highest BCUT2D eigenvalue weighted by atomic mass is 79.9. The first-order valence-electron chi connectivity index (χ1n) is 5.35. The number of carbonyl (C=O) groups is 2. The largest absolute Gasteiger partial charge is 0.397 e. The van der Waals surface area contributed by atoms with E-state index in [1.807, 2.05) is 6.07 Å². The number of carbonyl (C=O) groups excluding carboxylic acids is 2. The molecule has 0 aliphatic carbocycles. The van der Waals surface area contributed by atoms with Gasteiger partial charge in [0.25, 0.3) is 11.8 Å². The first kappa shape index (κ1) is 11.2. The minimum absolute atomic E-state index is 0.292. The third-order valence-corrected chi connectivity index (χ3v) is 3.88. The lowest BCUT2D eigenvalue weighted by atomic mass is 9.93. The zero-order valence-electron chi connectivity index (χ0n) is 9.53. The van der Waals surface area contributed by atoms with E-state index in [9.17, 15) is 9.59 Å². The van der Waals surface area contributed by atoms with Gasteiger partial charge in [-0.3, -0.25) is 14.5 Å². The molecule has 1 heterocycles. The number of nitrogen functional groups attached to an aromatic ring is 1. The molecule has 3 rings (SSSR count). The second-order valence-corrected chi connectivity index (χ2v) is 5.07. The SMILES string of the molecule is CN1C(=O)c2cccc3c(N)c(Br)cc(c23)C1=O. The highest BCUT2D eigenvalue weighted by Gasteiger charge is 2.31. The molecule has 2 aromatic rings. The first-order chi connectivity index (χ1) is 8.52. The van der Waals surface area contributed by atoms with Crippen LogP contribution in [0.4, 0.5) is 5.69 Å². The van der Waals surface area contributed by atoms with Crippen molar-refractivity contribution in [1.29, 1.82) is 0 Å². The Morgan fingerprint density at radius 2 is 1.83 bits per heavy atom. The Morgan fingerprint density at radius 1 is 1.17 bits per heavy atom. The molecule has 0 aromatic heterocycles. The molecular formula is C13H9BrN2O2. The quantitative estimate of drug-likeness (QED) is 0.600. The average molecular weight is 305 g/mol. The summed E-state index contributed by atoms with van der Waals surface area (Å²) in [4.78, 5) is 25.3. The van der Waals surface area contributed by atoms with E-state index in [1.54, 1.807) is 18.2 Å². The summed E-state index contributed by atoms with van der Waals surface area (Å²) in [5.74, 6) is -0.593. The lowest BCUT2D eigenvalue weighted by Gasteiger charge is -2.24. The fourth-order valence-electron chi connectivity index (χ4n) is 2.27. The third-order valence-electron chi connectivity index (χ3n) is 3.22. The first-order valence-corrected chi connectivity index (χ1v) is 6.14. The molecule has 0 fully saturated rings. The van der Waals surface area contributed by atoms with Crippen LogP contribution in [0.3, 0.4) is 0 Å². The number of anilines is 1. The summed E-state index contributed by atoms with van der Waals surface area (Å²) in [5.41, 5.74) is 7.54. The summed E-state index contributed by atoms with van der Waals surface area (Å²) in [7, 11) is 1.48. The molecule has 18 heavy (non-hydrogen) atoms. The average Bonchev–Trinajstić information content (AvgIpc) is 2.38. The van der Waals surface area contributed by atoms with E-state index in [0.717, 1.165) is 10.3 Å². The third kappa shape index (κ3) is 1.25. The number of imide groups is 1. The maximum Gasteiger partial charge on any atom is 0.261 e. The fraction of sp³-hybridized carbons (Fsp3) is 0.0769. The molecule has 2 N–H and O–H groups in total. The van der Waals surface area contributed by atoms with Crippen molar-refractivity contribution in [3.63, 3.8) is 0 Å². The minimum atomic E-state index is -0.301. The van der Waals surface area contributed by atoms with Gasteiger partial charge < -0.3 is 5.73 Å². The van der Waals surface area contributed by atoms with E-state index in [0.29, 0.717) is 26.7 Å². The van der Waals surface area contributed by atoms with Crippen molar-refractivity contribution in [2.24, 2.45) is 0 Å². The van der Waals surface area contributed by atoms with Gasteiger partial charge >= 0.3 is 0 Å². The van der Waals surface area contributed by atoms with Gasteiger partial charge in [0.05, 0.1) is 5.69 Å². The monoisotopic (exact) mass is 304 g/mol. The predicted octanol–water partition coefficient (Wildman–Crippen LogP) is 2.41. The van der Waals surface area contributed by atoms with E-state index in [4.69, 9.17) is 5.73 Å². The topological polar surface area (TPSA) is 63.4 Å². The van der Waals surface area contributed by atoms with E-state index in [2.05, 4.69) is 15.9 Å². The van der Waals surface area contributed by atoms with Gasteiger partial charge in [0, 0.05) is 33.4 Å². The Hall–Kier alpha value is -1.88. The van der Waals surface area contributed by atoms with Gasteiger partial charge in [-0.2, -0.15) is 0 Å². The van der Waals surface area contributed by atoms with E-state index < -0.39 is 0 Å². The highest BCUT2D eigenvalue weighted by molar-refractivity contribution is 9.10. The van der Waals surface area contributed by atoms with Gasteiger partial charge in [-0.1, -0.05) is 12.1 Å². The maximum atomic E-state index is 12.1. The van der Waals surface area contributed by atoms with Crippen molar-refractivity contribution >= 4 is 44.2 Å². The Labute approximate surface area is 111 Å². The van der Waals surface area contributed by atoms with Crippen LogP contribution in [0.15, 0.2) is 28.7 Å². The van der Waals surface area contributed by atoms with Crippen LogP contribution in [0.25, 0.3) is 10.8 Å². The molecule has 0 bridgehead atoms. The summed E-state index contributed by atoms with van der Waals surface area (Å²) in [6, 6.07) is 6.97. The highest BCUT2D eigenvalue weighted by Crippen LogP contribution is 2.36. The lowest BCUT2D eigenvalue weighted by Crippen LogP contribution is -2.37. The van der Waals surface area contributed by atoms with Crippen molar-refractivity contribution in [3.8, 4) is 0 Å². The number of hydrogen-bond acceptors (Lipinski definition) is 3. The fourth-order valence-corrected chi connectivity index (χ4v) is 2.72. The molecule has 1 aliphatic rings. The number of nitrogens with zero attached hydrogens (tertiary/aromatic N) is 1. The zero-order valence-corrected chi connectivity index (χ0v) is 11.1. The molecule has 2 amide bonds. The van der Waals surface area contributed by atoms with Gasteiger partial charge in [0.2, 0.25) is 0 Å². The molecule has 0 unspecified atom stereocenters. The van der Waals surface area contributed by atoms with Crippen LogP contribution in [0.1, 0.15) is 20.7 Å². The molecule has 5 heteroatoms. The number of halogens is 1. The molecule has 0 atom stereocenters. The maximum absolute atomic E-state index is 12.1. The molecule has 1 aliphatic heterocycles. The van der Waals surface area contributed by atoms with Crippen molar-refractivity contribution in [3.05, 3.63) is 39.9 Å². The number of amides is 2. The number of rotatable bonds is 0. The smallest absolute Gasteiger partial charge is 0.261 e. The summed E-state index contributed by atoms with van der Waals surface area (Å²) in [5, 5.41) is 1.37. The van der Waals surface area contributed by atoms with Crippen LogP contribution < -0.4 is 5.73 Å². The van der Waals surface area contributed by atoms with Crippen LogP contribution in [0.2, 0.25) is 0 Å².